The van der Waals surface area contributed by atoms with E-state index in [4.69, 9.17) is 0 Å². The average molecular weight is 283 g/mol. The fraction of sp³-hybridized carbons (Fsp3) is 0.625. The van der Waals surface area contributed by atoms with E-state index in [1.807, 2.05) is 0 Å². The van der Waals surface area contributed by atoms with Gasteiger partial charge in [-0.1, -0.05) is 33.8 Å². The van der Waals surface area contributed by atoms with E-state index < -0.39 is 17.7 Å². The van der Waals surface area contributed by atoms with Crippen molar-refractivity contribution in [3.8, 4) is 0 Å². The number of rotatable bonds is 5. The lowest BCUT2D eigenvalue weighted by atomic mass is 10.0. The summed E-state index contributed by atoms with van der Waals surface area (Å²) in [5.74, 6) is -0.898. The highest BCUT2D eigenvalue weighted by molar-refractivity contribution is 5.22. The summed E-state index contributed by atoms with van der Waals surface area (Å²) in [7, 11) is 0. The van der Waals surface area contributed by atoms with Crippen molar-refractivity contribution in [2.24, 2.45) is 16.7 Å². The Kier molecular flexibility index (Phi) is 3.91. The van der Waals surface area contributed by atoms with Crippen molar-refractivity contribution in [3.63, 3.8) is 0 Å². The topological polar surface area (TPSA) is 32.3 Å². The summed E-state index contributed by atoms with van der Waals surface area (Å²) in [6.07, 6.45) is -1.17. The van der Waals surface area contributed by atoms with E-state index in [9.17, 15) is 13.9 Å². The zero-order valence-corrected chi connectivity index (χ0v) is 12.5. The van der Waals surface area contributed by atoms with Crippen LogP contribution in [0.25, 0.3) is 0 Å². The van der Waals surface area contributed by atoms with Gasteiger partial charge in [-0.25, -0.2) is 8.78 Å². The molecule has 1 unspecified atom stereocenters. The van der Waals surface area contributed by atoms with Crippen molar-refractivity contribution in [3.05, 3.63) is 35.4 Å². The monoisotopic (exact) mass is 283 g/mol. The molecule has 0 aliphatic heterocycles. The second kappa shape index (κ2) is 5.08. The molecule has 1 aliphatic rings. The van der Waals surface area contributed by atoms with Crippen LogP contribution in [0.15, 0.2) is 18.2 Å². The molecule has 0 spiro atoms. The van der Waals surface area contributed by atoms with Crippen LogP contribution in [-0.4, -0.2) is 18.2 Å². The summed E-state index contributed by atoms with van der Waals surface area (Å²) in [5.41, 5.74) is 0.261. The van der Waals surface area contributed by atoms with Crippen LogP contribution in [0.3, 0.4) is 0 Å². The molecule has 112 valence electrons. The van der Waals surface area contributed by atoms with Crippen LogP contribution in [0, 0.1) is 28.4 Å². The highest BCUT2D eigenvalue weighted by Crippen LogP contribution is 2.67. The van der Waals surface area contributed by atoms with Gasteiger partial charge in [0.1, 0.15) is 11.6 Å². The lowest BCUT2D eigenvalue weighted by Crippen LogP contribution is -2.26. The molecule has 20 heavy (non-hydrogen) atoms. The zero-order valence-electron chi connectivity index (χ0n) is 12.5. The van der Waals surface area contributed by atoms with E-state index in [0.717, 1.165) is 18.7 Å². The minimum atomic E-state index is -1.17. The van der Waals surface area contributed by atoms with Crippen LogP contribution in [0.4, 0.5) is 8.78 Å². The first kappa shape index (κ1) is 15.4. The van der Waals surface area contributed by atoms with Gasteiger partial charge in [0, 0.05) is 6.54 Å². The van der Waals surface area contributed by atoms with E-state index in [0.29, 0.717) is 5.92 Å². The van der Waals surface area contributed by atoms with E-state index >= 15 is 0 Å². The number of halogens is 2. The van der Waals surface area contributed by atoms with Crippen molar-refractivity contribution < 1.29 is 13.9 Å². The number of nitrogens with one attached hydrogen (secondary N) is 1. The molecule has 1 aromatic carbocycles. The van der Waals surface area contributed by atoms with Crippen molar-refractivity contribution in [1.29, 1.82) is 0 Å². The van der Waals surface area contributed by atoms with Crippen LogP contribution < -0.4 is 5.32 Å². The molecule has 1 fully saturated rings. The number of benzene rings is 1. The maximum absolute atomic E-state index is 13.5. The Bertz CT molecular complexity index is 465. The minimum absolute atomic E-state index is 0.153. The van der Waals surface area contributed by atoms with Gasteiger partial charge in [-0.2, -0.15) is 0 Å². The van der Waals surface area contributed by atoms with Gasteiger partial charge in [0.15, 0.2) is 0 Å². The molecule has 1 aliphatic carbocycles. The molecule has 2 nitrogen and oxygen atoms in total. The third-order valence-corrected chi connectivity index (χ3v) is 5.34. The lowest BCUT2D eigenvalue weighted by Gasteiger charge is -2.14. The third-order valence-electron chi connectivity index (χ3n) is 5.34. The Morgan fingerprint density at radius 1 is 1.15 bits per heavy atom. The first-order valence-electron chi connectivity index (χ1n) is 7.02. The van der Waals surface area contributed by atoms with Crippen LogP contribution >= 0.6 is 0 Å². The number of hydrogen-bond acceptors (Lipinski definition) is 2. The summed E-state index contributed by atoms with van der Waals surface area (Å²) < 4.78 is 27.0. The Morgan fingerprint density at radius 3 is 2.10 bits per heavy atom. The predicted octanol–water partition coefficient (Wildman–Crippen LogP) is 3.27. The lowest BCUT2D eigenvalue weighted by molar-refractivity contribution is 0.164. The summed E-state index contributed by atoms with van der Waals surface area (Å²) in [4.78, 5) is 0. The zero-order chi connectivity index (χ0) is 15.1. The van der Waals surface area contributed by atoms with Crippen molar-refractivity contribution in [1.82, 2.24) is 5.32 Å². The van der Waals surface area contributed by atoms with E-state index in [1.54, 1.807) is 0 Å². The normalized spacial score (nSPS) is 21.8. The quantitative estimate of drug-likeness (QED) is 0.869. The average Bonchev–Trinajstić information content (AvgIpc) is 2.71. The molecular formula is C16H23F2NO. The minimum Gasteiger partial charge on any atom is -0.387 e. The largest absolute Gasteiger partial charge is 0.387 e. The van der Waals surface area contributed by atoms with Crippen LogP contribution in [0.1, 0.15) is 39.4 Å². The molecule has 0 saturated heterocycles. The molecule has 0 heterocycles. The van der Waals surface area contributed by atoms with Gasteiger partial charge < -0.3 is 10.4 Å². The second-order valence-corrected chi connectivity index (χ2v) is 6.81. The van der Waals surface area contributed by atoms with Gasteiger partial charge >= 0.3 is 0 Å². The molecule has 0 aromatic heterocycles. The first-order chi connectivity index (χ1) is 9.19. The van der Waals surface area contributed by atoms with Gasteiger partial charge in [-0.15, -0.1) is 0 Å². The highest BCUT2D eigenvalue weighted by atomic mass is 19.1. The Morgan fingerprint density at radius 2 is 1.65 bits per heavy atom. The van der Waals surface area contributed by atoms with Crippen LogP contribution in [0.5, 0.6) is 0 Å². The Labute approximate surface area is 119 Å². The Balaban J connectivity index is 1.90. The highest BCUT2D eigenvalue weighted by Gasteiger charge is 2.63. The van der Waals surface area contributed by atoms with Crippen LogP contribution in [0.2, 0.25) is 0 Å². The third kappa shape index (κ3) is 2.47. The van der Waals surface area contributed by atoms with Crippen molar-refractivity contribution in [2.45, 2.75) is 33.8 Å². The molecule has 1 saturated carbocycles. The SMILES string of the molecule is CC1(C)C(CNCC(O)c2c(F)cccc2F)C1(C)C. The molecule has 2 N–H and O–H groups in total. The van der Waals surface area contributed by atoms with Crippen LogP contribution in [-0.2, 0) is 0 Å². The van der Waals surface area contributed by atoms with Gasteiger partial charge in [0.25, 0.3) is 0 Å². The molecule has 4 heteroatoms. The molecule has 1 atom stereocenters. The van der Waals surface area contributed by atoms with E-state index in [1.165, 1.54) is 6.07 Å². The van der Waals surface area contributed by atoms with Crippen molar-refractivity contribution in [2.75, 3.05) is 13.1 Å². The predicted molar refractivity (Wildman–Crippen MR) is 75.2 cm³/mol. The number of aliphatic hydroxyl groups is 1. The molecule has 2 rings (SSSR count). The standard InChI is InChI=1S/C16H23F2NO/c1-15(2)13(16(15,3)4)9-19-8-12(20)14-10(17)6-5-7-11(14)18/h5-7,12-13,19-20H,8-9H2,1-4H3. The fourth-order valence-corrected chi connectivity index (χ4v) is 3.14. The number of hydrogen-bond donors (Lipinski definition) is 2. The maximum Gasteiger partial charge on any atom is 0.131 e. The summed E-state index contributed by atoms with van der Waals surface area (Å²) in [6.45, 7) is 9.75. The van der Waals surface area contributed by atoms with E-state index in [2.05, 4.69) is 33.0 Å². The summed E-state index contributed by atoms with van der Waals surface area (Å²) >= 11 is 0. The second-order valence-electron chi connectivity index (χ2n) is 6.81. The molecule has 0 radical (unpaired) electrons. The molecule has 0 amide bonds. The van der Waals surface area contributed by atoms with Gasteiger partial charge in [0.2, 0.25) is 0 Å². The Hall–Kier alpha value is -1.00. The maximum atomic E-state index is 13.5. The fourth-order valence-electron chi connectivity index (χ4n) is 3.14. The van der Waals surface area contributed by atoms with Gasteiger partial charge in [-0.05, 0) is 35.4 Å². The smallest absolute Gasteiger partial charge is 0.131 e. The van der Waals surface area contributed by atoms with Gasteiger partial charge in [-0.3, -0.25) is 0 Å². The van der Waals surface area contributed by atoms with E-state index in [-0.39, 0.29) is 22.9 Å². The number of aliphatic hydroxyl groups excluding tert-OH is 1. The first-order valence-corrected chi connectivity index (χ1v) is 7.02. The van der Waals surface area contributed by atoms with Gasteiger partial charge in [0.05, 0.1) is 11.7 Å². The summed E-state index contributed by atoms with van der Waals surface area (Å²) in [6, 6.07) is 3.62. The molecule has 0 bridgehead atoms. The van der Waals surface area contributed by atoms with Crippen molar-refractivity contribution >= 4 is 0 Å². The molecular weight excluding hydrogens is 260 g/mol. The molecule has 1 aromatic rings. The summed E-state index contributed by atoms with van der Waals surface area (Å²) in [5, 5.41) is 13.1.